The molecule has 2 unspecified atom stereocenters. The summed E-state index contributed by atoms with van der Waals surface area (Å²) >= 11 is 1.46. The number of aromatic nitrogens is 1. The van der Waals surface area contributed by atoms with E-state index in [1.54, 1.807) is 0 Å². The number of hydrogen-bond donors (Lipinski definition) is 1. The maximum atomic E-state index is 11.1. The molecule has 1 saturated heterocycles. The van der Waals surface area contributed by atoms with Crippen LogP contribution in [0, 0.1) is 0 Å². The van der Waals surface area contributed by atoms with Crippen molar-refractivity contribution in [2.24, 2.45) is 0 Å². The Kier molecular flexibility index (Phi) is 5.05. The van der Waals surface area contributed by atoms with Gasteiger partial charge in [-0.2, -0.15) is 0 Å². The molecule has 122 valence electrons. The van der Waals surface area contributed by atoms with Gasteiger partial charge < -0.3 is 10.1 Å². The Morgan fingerprint density at radius 3 is 2.91 bits per heavy atom. The van der Waals surface area contributed by atoms with Crippen molar-refractivity contribution in [1.29, 1.82) is 0 Å². The van der Waals surface area contributed by atoms with Crippen LogP contribution in [-0.4, -0.2) is 35.0 Å². The van der Waals surface area contributed by atoms with Crippen LogP contribution in [0.3, 0.4) is 0 Å². The highest BCUT2D eigenvalue weighted by atomic mass is 32.1. The van der Waals surface area contributed by atoms with E-state index in [4.69, 9.17) is 4.74 Å². The Morgan fingerprint density at radius 1 is 1.39 bits per heavy atom. The lowest BCUT2D eigenvalue weighted by atomic mass is 10.1. The Bertz CT molecular complexity index is 659. The maximum Gasteiger partial charge on any atom is 0.223 e. The smallest absolute Gasteiger partial charge is 0.223 e. The second-order valence-electron chi connectivity index (χ2n) is 5.87. The van der Waals surface area contributed by atoms with E-state index in [1.165, 1.54) is 23.8 Å². The minimum atomic E-state index is -0.0879. The molecule has 1 aliphatic rings. The molecule has 1 aromatic carbocycles. The van der Waals surface area contributed by atoms with Crippen LogP contribution in [0.4, 0.5) is 5.13 Å². The zero-order chi connectivity index (χ0) is 16.2. The summed E-state index contributed by atoms with van der Waals surface area (Å²) in [4.78, 5) is 17.9. The lowest BCUT2D eigenvalue weighted by Crippen LogP contribution is -2.42. The first-order chi connectivity index (χ1) is 11.1. The monoisotopic (exact) mass is 331 g/mol. The minimum absolute atomic E-state index is 0.0879. The van der Waals surface area contributed by atoms with Crippen LogP contribution in [-0.2, 0) is 16.1 Å². The van der Waals surface area contributed by atoms with E-state index in [-0.39, 0.29) is 18.1 Å². The first kappa shape index (κ1) is 16.1. The number of nitrogens with zero attached hydrogens (tertiary/aromatic N) is 2. The van der Waals surface area contributed by atoms with E-state index in [0.717, 1.165) is 25.3 Å². The van der Waals surface area contributed by atoms with Gasteiger partial charge in [-0.1, -0.05) is 30.3 Å². The number of hydrogen-bond acceptors (Lipinski definition) is 5. The second kappa shape index (κ2) is 7.21. The fourth-order valence-electron chi connectivity index (χ4n) is 2.84. The van der Waals surface area contributed by atoms with Gasteiger partial charge >= 0.3 is 0 Å². The summed E-state index contributed by atoms with van der Waals surface area (Å²) < 4.78 is 6.08. The Balaban J connectivity index is 1.65. The molecule has 5 nitrogen and oxygen atoms in total. The second-order valence-corrected chi connectivity index (χ2v) is 6.72. The van der Waals surface area contributed by atoms with Gasteiger partial charge in [-0.3, -0.25) is 9.69 Å². The number of carbonyl (C=O) groups is 1. The topological polar surface area (TPSA) is 54.5 Å². The van der Waals surface area contributed by atoms with E-state index in [2.05, 4.69) is 34.3 Å². The van der Waals surface area contributed by atoms with Gasteiger partial charge in [0.15, 0.2) is 5.13 Å². The number of carbonyl (C=O) groups excluding carboxylic acids is 1. The predicted octanol–water partition coefficient (Wildman–Crippen LogP) is 3.06. The van der Waals surface area contributed by atoms with Crippen LogP contribution in [0.2, 0.25) is 0 Å². The molecule has 0 bridgehead atoms. The van der Waals surface area contributed by atoms with E-state index in [9.17, 15) is 4.79 Å². The molecule has 0 aliphatic carbocycles. The number of amides is 1. The van der Waals surface area contributed by atoms with Crippen molar-refractivity contribution in [3.8, 4) is 0 Å². The molecule has 0 spiro atoms. The van der Waals surface area contributed by atoms with Crippen molar-refractivity contribution in [2.45, 2.75) is 32.6 Å². The molecule has 1 N–H and O–H groups in total. The number of benzene rings is 1. The van der Waals surface area contributed by atoms with E-state index in [0.29, 0.717) is 5.13 Å². The summed E-state index contributed by atoms with van der Waals surface area (Å²) in [6.07, 6.45) is 0.274. The van der Waals surface area contributed by atoms with Crippen molar-refractivity contribution >= 4 is 22.4 Å². The molecule has 6 heteroatoms. The third-order valence-corrected chi connectivity index (χ3v) is 4.53. The predicted molar refractivity (Wildman–Crippen MR) is 91.4 cm³/mol. The van der Waals surface area contributed by atoms with Gasteiger partial charge in [-0.25, -0.2) is 4.98 Å². The number of nitrogens with one attached hydrogen (secondary N) is 1. The van der Waals surface area contributed by atoms with Crippen LogP contribution in [0.1, 0.15) is 31.2 Å². The van der Waals surface area contributed by atoms with Gasteiger partial charge in [-0.05, 0) is 12.5 Å². The van der Waals surface area contributed by atoms with Crippen molar-refractivity contribution in [3.63, 3.8) is 0 Å². The first-order valence-corrected chi connectivity index (χ1v) is 8.63. The summed E-state index contributed by atoms with van der Waals surface area (Å²) in [5.74, 6) is -0.0879. The molecule has 1 amide bonds. The molecule has 0 saturated carbocycles. The maximum absolute atomic E-state index is 11.1. The average molecular weight is 331 g/mol. The van der Waals surface area contributed by atoms with E-state index in [1.807, 2.05) is 23.6 Å². The summed E-state index contributed by atoms with van der Waals surface area (Å²) in [6.45, 7) is 6.10. The molecule has 2 heterocycles. The minimum Gasteiger partial charge on any atom is -0.368 e. The van der Waals surface area contributed by atoms with E-state index >= 15 is 0 Å². The van der Waals surface area contributed by atoms with Gasteiger partial charge in [0.25, 0.3) is 0 Å². The zero-order valence-electron chi connectivity index (χ0n) is 13.4. The largest absolute Gasteiger partial charge is 0.368 e. The van der Waals surface area contributed by atoms with Crippen molar-refractivity contribution in [1.82, 2.24) is 9.88 Å². The highest BCUT2D eigenvalue weighted by molar-refractivity contribution is 7.13. The number of anilines is 1. The number of thiazole rings is 1. The fourth-order valence-corrected chi connectivity index (χ4v) is 3.58. The van der Waals surface area contributed by atoms with Crippen LogP contribution < -0.4 is 5.32 Å². The van der Waals surface area contributed by atoms with Crippen LogP contribution in [0.5, 0.6) is 0 Å². The average Bonchev–Trinajstić information content (AvgIpc) is 2.93. The fraction of sp³-hybridized carbons (Fsp3) is 0.412. The summed E-state index contributed by atoms with van der Waals surface area (Å²) in [7, 11) is 0. The molecule has 2 aromatic rings. The van der Waals surface area contributed by atoms with Crippen LogP contribution >= 0.6 is 11.3 Å². The number of rotatable bonds is 4. The first-order valence-electron chi connectivity index (χ1n) is 7.75. The van der Waals surface area contributed by atoms with Crippen molar-refractivity contribution < 1.29 is 9.53 Å². The molecule has 2 atom stereocenters. The Hall–Kier alpha value is -1.76. The molecular formula is C17H21N3O2S. The molecule has 1 aromatic heterocycles. The Labute approximate surface area is 140 Å². The SMILES string of the molecule is CC(=O)Nc1nc(CN2CC(C)OC(c3ccccc3)C2)cs1. The standard InChI is InChI=1S/C17H21N3O2S/c1-12-8-20(9-15-11-23-17(19-15)18-13(2)21)10-16(22-12)14-6-4-3-5-7-14/h3-7,11-12,16H,8-10H2,1-2H3,(H,18,19,21). The summed E-state index contributed by atoms with van der Waals surface area (Å²) in [6, 6.07) is 10.3. The highest BCUT2D eigenvalue weighted by Gasteiger charge is 2.26. The van der Waals surface area contributed by atoms with Crippen molar-refractivity contribution in [2.75, 3.05) is 18.4 Å². The quantitative estimate of drug-likeness (QED) is 0.935. The van der Waals surface area contributed by atoms with Gasteiger partial charge in [0.1, 0.15) is 0 Å². The molecule has 1 fully saturated rings. The number of ether oxygens (including phenoxy) is 1. The molecular weight excluding hydrogens is 310 g/mol. The van der Waals surface area contributed by atoms with Gasteiger partial charge in [0, 0.05) is 31.9 Å². The Morgan fingerprint density at radius 2 is 2.17 bits per heavy atom. The summed E-state index contributed by atoms with van der Waals surface area (Å²) in [5, 5.41) is 5.39. The number of morpholine rings is 1. The summed E-state index contributed by atoms with van der Waals surface area (Å²) in [5.41, 5.74) is 2.20. The zero-order valence-corrected chi connectivity index (χ0v) is 14.2. The van der Waals surface area contributed by atoms with Gasteiger partial charge in [0.2, 0.25) is 5.91 Å². The van der Waals surface area contributed by atoms with Crippen LogP contribution in [0.25, 0.3) is 0 Å². The third-order valence-electron chi connectivity index (χ3n) is 3.73. The van der Waals surface area contributed by atoms with Gasteiger partial charge in [-0.15, -0.1) is 11.3 Å². The van der Waals surface area contributed by atoms with Crippen LogP contribution in [0.15, 0.2) is 35.7 Å². The highest BCUT2D eigenvalue weighted by Crippen LogP contribution is 2.26. The molecule has 23 heavy (non-hydrogen) atoms. The lowest BCUT2D eigenvalue weighted by molar-refractivity contribution is -0.114. The molecule has 1 aliphatic heterocycles. The van der Waals surface area contributed by atoms with Crippen molar-refractivity contribution in [3.05, 3.63) is 47.0 Å². The van der Waals surface area contributed by atoms with E-state index < -0.39 is 0 Å². The lowest BCUT2D eigenvalue weighted by Gasteiger charge is -2.36. The normalized spacial score (nSPS) is 22.0. The molecule has 3 rings (SSSR count). The molecule has 0 radical (unpaired) electrons. The van der Waals surface area contributed by atoms with Gasteiger partial charge in [0.05, 0.1) is 17.9 Å². The third kappa shape index (κ3) is 4.37.